The van der Waals surface area contributed by atoms with Crippen molar-refractivity contribution in [1.29, 1.82) is 0 Å². The van der Waals surface area contributed by atoms with Crippen molar-refractivity contribution >= 4 is 15.9 Å². The Hall–Kier alpha value is 0.440. The maximum absolute atomic E-state index is 3.79. The molecule has 17 heavy (non-hydrogen) atoms. The third kappa shape index (κ3) is 4.90. The van der Waals surface area contributed by atoms with Crippen molar-refractivity contribution in [1.82, 2.24) is 4.90 Å². The van der Waals surface area contributed by atoms with Crippen LogP contribution in [0.5, 0.6) is 0 Å². The fourth-order valence-electron chi connectivity index (χ4n) is 3.42. The van der Waals surface area contributed by atoms with E-state index in [0.717, 1.165) is 5.92 Å². The Morgan fingerprint density at radius 2 is 1.88 bits per heavy atom. The van der Waals surface area contributed by atoms with Gasteiger partial charge in [0.1, 0.15) is 0 Å². The van der Waals surface area contributed by atoms with Gasteiger partial charge in [-0.2, -0.15) is 0 Å². The van der Waals surface area contributed by atoms with Gasteiger partial charge in [-0.3, -0.25) is 0 Å². The van der Waals surface area contributed by atoms with Crippen LogP contribution in [0.3, 0.4) is 0 Å². The normalized spacial score (nSPS) is 22.9. The minimum atomic E-state index is 0.528. The van der Waals surface area contributed by atoms with E-state index in [1.54, 1.807) is 0 Å². The summed E-state index contributed by atoms with van der Waals surface area (Å²) in [6.07, 6.45) is 8.20. The van der Waals surface area contributed by atoms with Crippen LogP contribution in [-0.2, 0) is 0 Å². The van der Waals surface area contributed by atoms with E-state index in [-0.39, 0.29) is 0 Å². The summed E-state index contributed by atoms with van der Waals surface area (Å²) in [4.78, 5) is 2.72. The molecule has 0 amide bonds. The van der Waals surface area contributed by atoms with E-state index in [0.29, 0.717) is 5.41 Å². The number of alkyl halides is 1. The molecule has 0 aromatic rings. The number of halogens is 1. The standard InChI is InChI=1S/C15H30BrN/c1-4-8-15(12-16,9-5-2)13-17-10-6-7-14(3)11-17/h14H,4-13H2,1-3H3. The first-order chi connectivity index (χ1) is 8.15. The maximum atomic E-state index is 3.79. The predicted octanol–water partition coefficient (Wildman–Crippen LogP) is 4.70. The number of piperidine rings is 1. The molecule has 0 bridgehead atoms. The summed E-state index contributed by atoms with van der Waals surface area (Å²) in [5.41, 5.74) is 0.528. The Balaban J connectivity index is 2.57. The lowest BCUT2D eigenvalue weighted by Crippen LogP contribution is -2.43. The van der Waals surface area contributed by atoms with Crippen LogP contribution in [0, 0.1) is 11.3 Å². The van der Waals surface area contributed by atoms with Crippen LogP contribution in [0.4, 0.5) is 0 Å². The Kier molecular flexibility index (Phi) is 7.10. The van der Waals surface area contributed by atoms with Crippen molar-refractivity contribution in [2.75, 3.05) is 25.0 Å². The molecule has 0 aromatic carbocycles. The number of hydrogen-bond donors (Lipinski definition) is 0. The Labute approximate surface area is 116 Å². The SMILES string of the molecule is CCCC(CBr)(CCC)CN1CCCC(C)C1. The summed E-state index contributed by atoms with van der Waals surface area (Å²) in [5.74, 6) is 0.903. The minimum absolute atomic E-state index is 0.528. The zero-order valence-electron chi connectivity index (χ0n) is 12.0. The van der Waals surface area contributed by atoms with Crippen molar-refractivity contribution in [3.63, 3.8) is 0 Å². The lowest BCUT2D eigenvalue weighted by molar-refractivity contribution is 0.107. The molecule has 0 aliphatic carbocycles. The number of rotatable bonds is 7. The van der Waals surface area contributed by atoms with Gasteiger partial charge in [-0.15, -0.1) is 0 Å². The maximum Gasteiger partial charge on any atom is 0.0100 e. The number of hydrogen-bond acceptors (Lipinski definition) is 1. The van der Waals surface area contributed by atoms with E-state index < -0.39 is 0 Å². The lowest BCUT2D eigenvalue weighted by atomic mass is 9.80. The van der Waals surface area contributed by atoms with Crippen molar-refractivity contribution in [3.8, 4) is 0 Å². The summed E-state index contributed by atoms with van der Waals surface area (Å²) in [7, 11) is 0. The summed E-state index contributed by atoms with van der Waals surface area (Å²) >= 11 is 3.79. The van der Waals surface area contributed by atoms with Crippen LogP contribution in [-0.4, -0.2) is 29.9 Å². The van der Waals surface area contributed by atoms with Gasteiger partial charge in [0.2, 0.25) is 0 Å². The zero-order valence-corrected chi connectivity index (χ0v) is 13.6. The van der Waals surface area contributed by atoms with Gasteiger partial charge in [-0.1, -0.05) is 49.5 Å². The first-order valence-electron chi connectivity index (χ1n) is 7.44. The van der Waals surface area contributed by atoms with Crippen LogP contribution in [0.15, 0.2) is 0 Å². The Bertz CT molecular complexity index is 199. The fourth-order valence-corrected chi connectivity index (χ4v) is 4.16. The van der Waals surface area contributed by atoms with Gasteiger partial charge in [0.25, 0.3) is 0 Å². The summed E-state index contributed by atoms with van der Waals surface area (Å²) in [5, 5.41) is 1.17. The van der Waals surface area contributed by atoms with Crippen LogP contribution < -0.4 is 0 Å². The average Bonchev–Trinajstić information content (AvgIpc) is 2.29. The van der Waals surface area contributed by atoms with Crippen LogP contribution in [0.2, 0.25) is 0 Å². The molecule has 0 N–H and O–H groups in total. The van der Waals surface area contributed by atoms with Crippen LogP contribution in [0.1, 0.15) is 59.3 Å². The smallest absolute Gasteiger partial charge is 0.0100 e. The van der Waals surface area contributed by atoms with Crippen molar-refractivity contribution < 1.29 is 0 Å². The monoisotopic (exact) mass is 303 g/mol. The van der Waals surface area contributed by atoms with Gasteiger partial charge in [0.05, 0.1) is 0 Å². The van der Waals surface area contributed by atoms with Gasteiger partial charge >= 0.3 is 0 Å². The lowest BCUT2D eigenvalue weighted by Gasteiger charge is -2.40. The zero-order chi connectivity index (χ0) is 12.7. The molecule has 1 unspecified atom stereocenters. The fraction of sp³-hybridized carbons (Fsp3) is 1.00. The largest absolute Gasteiger partial charge is 0.302 e. The quantitative estimate of drug-likeness (QED) is 0.616. The topological polar surface area (TPSA) is 3.24 Å². The Morgan fingerprint density at radius 3 is 2.35 bits per heavy atom. The molecule has 1 rings (SSSR count). The molecule has 0 spiro atoms. The molecule has 1 aliphatic heterocycles. The Morgan fingerprint density at radius 1 is 1.24 bits per heavy atom. The van der Waals surface area contributed by atoms with E-state index in [4.69, 9.17) is 0 Å². The highest BCUT2D eigenvalue weighted by atomic mass is 79.9. The second-order valence-electron chi connectivity index (χ2n) is 6.12. The van der Waals surface area contributed by atoms with E-state index in [1.807, 2.05) is 0 Å². The third-order valence-corrected chi connectivity index (χ3v) is 5.33. The highest BCUT2D eigenvalue weighted by Gasteiger charge is 2.30. The molecule has 1 fully saturated rings. The van der Waals surface area contributed by atoms with E-state index >= 15 is 0 Å². The second-order valence-corrected chi connectivity index (χ2v) is 6.68. The van der Waals surface area contributed by atoms with Crippen molar-refractivity contribution in [3.05, 3.63) is 0 Å². The molecular formula is C15H30BrN. The van der Waals surface area contributed by atoms with Crippen molar-refractivity contribution in [2.45, 2.75) is 59.3 Å². The second kappa shape index (κ2) is 7.78. The molecule has 1 aliphatic rings. The molecule has 0 saturated carbocycles. The summed E-state index contributed by atoms with van der Waals surface area (Å²) < 4.78 is 0. The number of likely N-dealkylation sites (tertiary alicyclic amines) is 1. The van der Waals surface area contributed by atoms with E-state index in [1.165, 1.54) is 63.5 Å². The van der Waals surface area contributed by atoms with Gasteiger partial charge < -0.3 is 4.90 Å². The molecule has 1 saturated heterocycles. The summed E-state index contributed by atoms with van der Waals surface area (Å²) in [6, 6.07) is 0. The molecule has 0 radical (unpaired) electrons. The minimum Gasteiger partial charge on any atom is -0.302 e. The third-order valence-electron chi connectivity index (χ3n) is 4.14. The van der Waals surface area contributed by atoms with Gasteiger partial charge in [0, 0.05) is 18.4 Å². The molecule has 1 nitrogen and oxygen atoms in total. The van der Waals surface area contributed by atoms with Crippen molar-refractivity contribution in [2.24, 2.45) is 11.3 Å². The van der Waals surface area contributed by atoms with Crippen LogP contribution >= 0.6 is 15.9 Å². The van der Waals surface area contributed by atoms with Gasteiger partial charge in [0.15, 0.2) is 0 Å². The molecule has 1 heterocycles. The highest BCUT2D eigenvalue weighted by Crippen LogP contribution is 2.34. The first kappa shape index (κ1) is 15.5. The molecule has 0 aromatic heterocycles. The molecule has 102 valence electrons. The molecular weight excluding hydrogens is 274 g/mol. The van der Waals surface area contributed by atoms with Crippen LogP contribution in [0.25, 0.3) is 0 Å². The van der Waals surface area contributed by atoms with Gasteiger partial charge in [-0.25, -0.2) is 0 Å². The molecule has 1 atom stereocenters. The highest BCUT2D eigenvalue weighted by molar-refractivity contribution is 9.09. The predicted molar refractivity (Wildman–Crippen MR) is 80.9 cm³/mol. The molecule has 2 heteroatoms. The summed E-state index contributed by atoms with van der Waals surface area (Å²) in [6.45, 7) is 11.0. The number of nitrogens with zero attached hydrogens (tertiary/aromatic N) is 1. The first-order valence-corrected chi connectivity index (χ1v) is 8.56. The van der Waals surface area contributed by atoms with E-state index in [9.17, 15) is 0 Å². The van der Waals surface area contributed by atoms with E-state index in [2.05, 4.69) is 41.6 Å². The average molecular weight is 304 g/mol. The van der Waals surface area contributed by atoms with Gasteiger partial charge in [-0.05, 0) is 43.6 Å².